The summed E-state index contributed by atoms with van der Waals surface area (Å²) in [4.78, 5) is 40.3. The lowest BCUT2D eigenvalue weighted by atomic mass is 9.70. The molecule has 1 heterocycles. The molecule has 2 amide bonds. The van der Waals surface area contributed by atoms with Gasteiger partial charge >= 0.3 is 0 Å². The maximum Gasteiger partial charge on any atom is 0.251 e. The average Bonchev–Trinajstić information content (AvgIpc) is 3.06. The number of rotatable bonds is 10. The first-order valence-corrected chi connectivity index (χ1v) is 11.0. The van der Waals surface area contributed by atoms with Crippen LogP contribution in [0.25, 0.3) is 0 Å². The number of ether oxygens (including phenoxy) is 1. The van der Waals surface area contributed by atoms with Crippen molar-refractivity contribution in [3.63, 3.8) is 0 Å². The summed E-state index contributed by atoms with van der Waals surface area (Å²) in [5.74, 6) is -0.862. The molecule has 0 aromatic heterocycles. The molecule has 2 N–H and O–H groups in total. The van der Waals surface area contributed by atoms with Crippen LogP contribution in [0.1, 0.15) is 44.5 Å². The van der Waals surface area contributed by atoms with Gasteiger partial charge in [0.25, 0.3) is 5.91 Å². The second kappa shape index (κ2) is 10.9. The van der Waals surface area contributed by atoms with Gasteiger partial charge in [0.05, 0.1) is 12.0 Å². The van der Waals surface area contributed by atoms with Crippen LogP contribution >= 0.6 is 0 Å². The highest BCUT2D eigenvalue weighted by Crippen LogP contribution is 2.35. The van der Waals surface area contributed by atoms with Crippen molar-refractivity contribution >= 4 is 17.6 Å². The molecule has 0 radical (unpaired) electrons. The Labute approximate surface area is 185 Å². The topological polar surface area (TPSA) is 87.7 Å². The summed E-state index contributed by atoms with van der Waals surface area (Å²) < 4.78 is 5.64. The standard InChI is InChI=1S/C24H37N3O4/c1-16(2)24(3,4)18(14-25-22(29)17-10-8-7-9-11-17)23(30)26-21-19(28)15-31-20(21)12-13-27(5)6/h7-11,16,18,20-21H,12-15H2,1-6H3,(H,25,29)(H,26,30)/t18-,20?,21?/m0/s1. The van der Waals surface area contributed by atoms with Gasteiger partial charge in [-0.3, -0.25) is 14.4 Å². The van der Waals surface area contributed by atoms with Gasteiger partial charge in [-0.25, -0.2) is 0 Å². The number of benzene rings is 1. The van der Waals surface area contributed by atoms with Crippen molar-refractivity contribution in [1.29, 1.82) is 0 Å². The molecule has 0 saturated carbocycles. The Hall–Kier alpha value is -2.25. The van der Waals surface area contributed by atoms with E-state index >= 15 is 0 Å². The fraction of sp³-hybridized carbons (Fsp3) is 0.625. The van der Waals surface area contributed by atoms with E-state index in [2.05, 4.69) is 24.5 Å². The Kier molecular flexibility index (Phi) is 8.77. The largest absolute Gasteiger partial charge is 0.368 e. The van der Waals surface area contributed by atoms with Gasteiger partial charge in [-0.05, 0) is 44.0 Å². The highest BCUT2D eigenvalue weighted by molar-refractivity contribution is 5.95. The average molecular weight is 432 g/mol. The van der Waals surface area contributed by atoms with Gasteiger partial charge < -0.3 is 20.3 Å². The Morgan fingerprint density at radius 2 is 1.84 bits per heavy atom. The van der Waals surface area contributed by atoms with Gasteiger partial charge in [0, 0.05) is 18.7 Å². The Balaban J connectivity index is 2.12. The number of nitrogens with one attached hydrogen (secondary N) is 2. The van der Waals surface area contributed by atoms with Crippen molar-refractivity contribution < 1.29 is 19.1 Å². The van der Waals surface area contributed by atoms with E-state index in [9.17, 15) is 14.4 Å². The van der Waals surface area contributed by atoms with Crippen molar-refractivity contribution in [1.82, 2.24) is 15.5 Å². The molecule has 1 fully saturated rings. The molecule has 1 aliphatic heterocycles. The maximum atomic E-state index is 13.3. The molecular weight excluding hydrogens is 394 g/mol. The van der Waals surface area contributed by atoms with Gasteiger partial charge in [-0.2, -0.15) is 0 Å². The summed E-state index contributed by atoms with van der Waals surface area (Å²) in [6.45, 7) is 9.13. The van der Waals surface area contributed by atoms with Crippen molar-refractivity contribution in [2.24, 2.45) is 17.3 Å². The first kappa shape index (κ1) is 25.0. The van der Waals surface area contributed by atoms with Gasteiger partial charge in [0.15, 0.2) is 5.78 Å². The van der Waals surface area contributed by atoms with E-state index in [1.54, 1.807) is 24.3 Å². The Morgan fingerprint density at radius 3 is 2.42 bits per heavy atom. The first-order chi connectivity index (χ1) is 14.5. The zero-order valence-electron chi connectivity index (χ0n) is 19.6. The van der Waals surface area contributed by atoms with Gasteiger partial charge in [0.1, 0.15) is 12.6 Å². The normalized spacial score (nSPS) is 20.2. The number of nitrogens with zero attached hydrogens (tertiary/aromatic N) is 1. The number of Topliss-reactive ketones (excluding diaryl/α,β-unsaturated/α-hetero) is 1. The van der Waals surface area contributed by atoms with Crippen LogP contribution in [0.4, 0.5) is 0 Å². The molecular formula is C24H37N3O4. The van der Waals surface area contributed by atoms with E-state index in [1.165, 1.54) is 0 Å². The van der Waals surface area contributed by atoms with Crippen LogP contribution in [0.2, 0.25) is 0 Å². The highest BCUT2D eigenvalue weighted by Gasteiger charge is 2.42. The Morgan fingerprint density at radius 1 is 1.19 bits per heavy atom. The van der Waals surface area contributed by atoms with Crippen LogP contribution in [0, 0.1) is 17.3 Å². The molecule has 3 atom stereocenters. The van der Waals surface area contributed by atoms with Crippen LogP contribution in [-0.4, -0.2) is 68.4 Å². The quantitative estimate of drug-likeness (QED) is 0.593. The van der Waals surface area contributed by atoms with E-state index in [4.69, 9.17) is 4.74 Å². The lowest BCUT2D eigenvalue weighted by Gasteiger charge is -2.38. The minimum atomic E-state index is -0.650. The fourth-order valence-corrected chi connectivity index (χ4v) is 3.63. The molecule has 0 aliphatic carbocycles. The summed E-state index contributed by atoms with van der Waals surface area (Å²) in [5, 5.41) is 5.85. The molecule has 1 aromatic carbocycles. The number of carbonyl (C=O) groups is 3. The molecule has 7 nitrogen and oxygen atoms in total. The van der Waals surface area contributed by atoms with Gasteiger partial charge in [-0.1, -0.05) is 45.9 Å². The molecule has 172 valence electrons. The van der Waals surface area contributed by atoms with Crippen molar-refractivity contribution in [3.05, 3.63) is 35.9 Å². The molecule has 0 spiro atoms. The second-order valence-electron chi connectivity index (χ2n) is 9.50. The monoisotopic (exact) mass is 431 g/mol. The zero-order valence-corrected chi connectivity index (χ0v) is 19.6. The summed E-state index contributed by atoms with van der Waals surface area (Å²) >= 11 is 0. The number of hydrogen-bond acceptors (Lipinski definition) is 5. The Bertz CT molecular complexity index is 761. The summed E-state index contributed by atoms with van der Waals surface area (Å²) in [7, 11) is 3.92. The molecule has 1 aromatic rings. The summed E-state index contributed by atoms with van der Waals surface area (Å²) in [6.07, 6.45) is 0.327. The molecule has 31 heavy (non-hydrogen) atoms. The van der Waals surface area contributed by atoms with E-state index in [1.807, 2.05) is 38.9 Å². The molecule has 2 rings (SSSR count). The molecule has 7 heteroatoms. The lowest BCUT2D eigenvalue weighted by molar-refractivity contribution is -0.133. The van der Waals surface area contributed by atoms with E-state index in [-0.39, 0.29) is 42.8 Å². The third-order valence-electron chi connectivity index (χ3n) is 6.52. The predicted octanol–water partition coefficient (Wildman–Crippen LogP) is 2.12. The van der Waals surface area contributed by atoms with Crippen molar-refractivity contribution in [2.75, 3.05) is 33.8 Å². The van der Waals surface area contributed by atoms with Crippen LogP contribution < -0.4 is 10.6 Å². The predicted molar refractivity (Wildman–Crippen MR) is 121 cm³/mol. The molecule has 1 saturated heterocycles. The number of amides is 2. The SMILES string of the molecule is CC(C)C(C)(C)[C@@H](CNC(=O)c1ccccc1)C(=O)NC1C(=O)COC1CCN(C)C. The van der Waals surface area contributed by atoms with Crippen molar-refractivity contribution in [2.45, 2.75) is 46.3 Å². The maximum absolute atomic E-state index is 13.3. The minimum absolute atomic E-state index is 0.0199. The molecule has 2 unspecified atom stereocenters. The third kappa shape index (κ3) is 6.61. The third-order valence-corrected chi connectivity index (χ3v) is 6.52. The van der Waals surface area contributed by atoms with Crippen LogP contribution in [0.3, 0.4) is 0 Å². The second-order valence-corrected chi connectivity index (χ2v) is 9.50. The fourth-order valence-electron chi connectivity index (χ4n) is 3.63. The van der Waals surface area contributed by atoms with E-state index in [0.29, 0.717) is 12.0 Å². The minimum Gasteiger partial charge on any atom is -0.368 e. The lowest BCUT2D eigenvalue weighted by Crippen LogP contribution is -2.53. The van der Waals surface area contributed by atoms with Crippen molar-refractivity contribution in [3.8, 4) is 0 Å². The smallest absolute Gasteiger partial charge is 0.251 e. The number of ketones is 1. The molecule has 0 bridgehead atoms. The highest BCUT2D eigenvalue weighted by atomic mass is 16.5. The van der Waals surface area contributed by atoms with Gasteiger partial charge in [0.2, 0.25) is 5.91 Å². The number of carbonyl (C=O) groups excluding carboxylic acids is 3. The van der Waals surface area contributed by atoms with E-state index in [0.717, 1.165) is 6.54 Å². The van der Waals surface area contributed by atoms with Crippen LogP contribution in [0.15, 0.2) is 30.3 Å². The summed E-state index contributed by atoms with van der Waals surface area (Å²) in [5.41, 5.74) is 0.155. The molecule has 1 aliphatic rings. The summed E-state index contributed by atoms with van der Waals surface area (Å²) in [6, 6.07) is 8.28. The van der Waals surface area contributed by atoms with E-state index < -0.39 is 17.4 Å². The number of hydrogen-bond donors (Lipinski definition) is 2. The van der Waals surface area contributed by atoms with Crippen LogP contribution in [0.5, 0.6) is 0 Å². The first-order valence-electron chi connectivity index (χ1n) is 11.0. The van der Waals surface area contributed by atoms with Crippen LogP contribution in [-0.2, 0) is 14.3 Å². The zero-order chi connectivity index (χ0) is 23.2. The van der Waals surface area contributed by atoms with Gasteiger partial charge in [-0.15, -0.1) is 0 Å².